The van der Waals surface area contributed by atoms with Crippen LogP contribution >= 0.6 is 0 Å². The minimum absolute atomic E-state index is 0.218. The Balaban J connectivity index is 3.25. The third kappa shape index (κ3) is 1.04. The van der Waals surface area contributed by atoms with Crippen LogP contribution in [0.2, 0.25) is 0 Å². The molecular formula is C6H7BFN. The second-order valence-corrected chi connectivity index (χ2v) is 1.98. The lowest BCUT2D eigenvalue weighted by atomic mass is 9.95. The Morgan fingerprint density at radius 3 is 2.56 bits per heavy atom. The summed E-state index contributed by atoms with van der Waals surface area (Å²) in [6, 6.07) is 4.96. The quantitative estimate of drug-likeness (QED) is 0.370. The van der Waals surface area contributed by atoms with Gasteiger partial charge in [0.05, 0.1) is 5.69 Å². The Kier molecular flexibility index (Phi) is 1.43. The van der Waals surface area contributed by atoms with Crippen molar-refractivity contribution < 1.29 is 4.39 Å². The summed E-state index contributed by atoms with van der Waals surface area (Å²) in [5.74, 6) is -0.308. The summed E-state index contributed by atoms with van der Waals surface area (Å²) in [6.07, 6.45) is 0. The molecule has 0 aliphatic carbocycles. The number of nitrogen functional groups attached to an aromatic ring is 1. The Morgan fingerprint density at radius 2 is 2.11 bits per heavy atom. The van der Waals surface area contributed by atoms with Crippen molar-refractivity contribution in [2.45, 2.75) is 0 Å². The maximum absolute atomic E-state index is 12.6. The van der Waals surface area contributed by atoms with Crippen molar-refractivity contribution in [1.82, 2.24) is 0 Å². The van der Waals surface area contributed by atoms with E-state index in [9.17, 15) is 4.39 Å². The number of hydrogen-bond donors (Lipinski definition) is 1. The van der Waals surface area contributed by atoms with Crippen LogP contribution in [0.3, 0.4) is 0 Å². The minimum atomic E-state index is -0.308. The van der Waals surface area contributed by atoms with Crippen LogP contribution in [0.5, 0.6) is 0 Å². The number of hydrogen-bond acceptors (Lipinski definition) is 1. The predicted octanol–water partition coefficient (Wildman–Crippen LogP) is -0.334. The zero-order chi connectivity index (χ0) is 6.85. The molecule has 0 aliphatic rings. The van der Waals surface area contributed by atoms with Gasteiger partial charge in [0.15, 0.2) is 0 Å². The van der Waals surface area contributed by atoms with Gasteiger partial charge in [0.1, 0.15) is 13.7 Å². The molecule has 0 atom stereocenters. The highest BCUT2D eigenvalue weighted by molar-refractivity contribution is 6.32. The van der Waals surface area contributed by atoms with Gasteiger partial charge in [-0.05, 0) is 6.07 Å². The fourth-order valence-electron chi connectivity index (χ4n) is 0.670. The van der Waals surface area contributed by atoms with Gasteiger partial charge in [-0.2, -0.15) is 0 Å². The molecule has 0 heterocycles. The molecule has 3 heteroatoms. The van der Waals surface area contributed by atoms with Gasteiger partial charge in [0.25, 0.3) is 0 Å². The molecule has 0 fully saturated rings. The van der Waals surface area contributed by atoms with Crippen molar-refractivity contribution in [3.8, 4) is 0 Å². The lowest BCUT2D eigenvalue weighted by Crippen LogP contribution is -2.09. The first-order chi connectivity index (χ1) is 4.22. The standard InChI is InChI=1S/C6H7BFN/c7-4-2-1-3-5(9)6(4)8/h1-3H,7,9H2. The maximum Gasteiger partial charge on any atom is 0.143 e. The smallest absolute Gasteiger partial charge is 0.143 e. The minimum Gasteiger partial charge on any atom is -0.396 e. The van der Waals surface area contributed by atoms with Crippen molar-refractivity contribution in [1.29, 1.82) is 0 Å². The topological polar surface area (TPSA) is 26.0 Å². The number of halogens is 1. The van der Waals surface area contributed by atoms with E-state index in [1.807, 2.05) is 0 Å². The van der Waals surface area contributed by atoms with Crippen LogP contribution < -0.4 is 11.2 Å². The Hall–Kier alpha value is -0.985. The normalized spacial score (nSPS) is 9.44. The van der Waals surface area contributed by atoms with Crippen molar-refractivity contribution in [3.05, 3.63) is 24.0 Å². The molecule has 0 amide bonds. The average Bonchev–Trinajstić information content (AvgIpc) is 1.83. The van der Waals surface area contributed by atoms with Crippen LogP contribution in [-0.2, 0) is 0 Å². The van der Waals surface area contributed by atoms with Crippen LogP contribution in [-0.4, -0.2) is 7.85 Å². The molecule has 1 nitrogen and oxygen atoms in total. The Labute approximate surface area is 54.1 Å². The average molecular weight is 123 g/mol. The third-order valence-corrected chi connectivity index (χ3v) is 1.22. The summed E-state index contributed by atoms with van der Waals surface area (Å²) in [5, 5.41) is 0. The Bertz CT molecular complexity index is 204. The lowest BCUT2D eigenvalue weighted by molar-refractivity contribution is 0.640. The van der Waals surface area contributed by atoms with Gasteiger partial charge >= 0.3 is 0 Å². The largest absolute Gasteiger partial charge is 0.396 e. The molecule has 0 saturated carbocycles. The summed E-state index contributed by atoms with van der Waals surface area (Å²) in [5.41, 5.74) is 6.06. The molecule has 0 saturated heterocycles. The second-order valence-electron chi connectivity index (χ2n) is 1.98. The van der Waals surface area contributed by atoms with Gasteiger partial charge in [-0.3, -0.25) is 0 Å². The summed E-state index contributed by atoms with van der Waals surface area (Å²) in [6.45, 7) is 0. The van der Waals surface area contributed by atoms with E-state index in [-0.39, 0.29) is 11.5 Å². The predicted molar refractivity (Wildman–Crippen MR) is 39.0 cm³/mol. The van der Waals surface area contributed by atoms with E-state index < -0.39 is 0 Å². The van der Waals surface area contributed by atoms with E-state index in [4.69, 9.17) is 5.73 Å². The zero-order valence-electron chi connectivity index (χ0n) is 5.19. The molecule has 1 aromatic carbocycles. The van der Waals surface area contributed by atoms with E-state index in [0.717, 1.165) is 0 Å². The van der Waals surface area contributed by atoms with E-state index >= 15 is 0 Å². The van der Waals surface area contributed by atoms with Crippen molar-refractivity contribution >= 4 is 19.0 Å². The van der Waals surface area contributed by atoms with E-state index in [2.05, 4.69) is 0 Å². The number of nitrogens with two attached hydrogens (primary N) is 1. The van der Waals surface area contributed by atoms with E-state index in [0.29, 0.717) is 5.46 Å². The van der Waals surface area contributed by atoms with Gasteiger partial charge < -0.3 is 5.73 Å². The SMILES string of the molecule is Bc1cccc(N)c1F. The molecular weight excluding hydrogens is 116 g/mol. The summed E-state index contributed by atoms with van der Waals surface area (Å²) >= 11 is 0. The first kappa shape index (κ1) is 6.14. The molecule has 46 valence electrons. The number of anilines is 1. The molecule has 0 bridgehead atoms. The fourth-order valence-corrected chi connectivity index (χ4v) is 0.670. The Morgan fingerprint density at radius 1 is 1.44 bits per heavy atom. The van der Waals surface area contributed by atoms with Gasteiger partial charge in [-0.25, -0.2) is 4.39 Å². The van der Waals surface area contributed by atoms with Crippen LogP contribution in [0.15, 0.2) is 18.2 Å². The van der Waals surface area contributed by atoms with Crippen molar-refractivity contribution in [2.24, 2.45) is 0 Å². The van der Waals surface area contributed by atoms with Crippen molar-refractivity contribution in [3.63, 3.8) is 0 Å². The van der Waals surface area contributed by atoms with Gasteiger partial charge in [-0.15, -0.1) is 0 Å². The van der Waals surface area contributed by atoms with Crippen LogP contribution in [0.4, 0.5) is 10.1 Å². The molecule has 0 aromatic heterocycles. The van der Waals surface area contributed by atoms with E-state index in [1.165, 1.54) is 0 Å². The highest BCUT2D eigenvalue weighted by Crippen LogP contribution is 2.03. The third-order valence-electron chi connectivity index (χ3n) is 1.22. The second kappa shape index (κ2) is 2.09. The van der Waals surface area contributed by atoms with Gasteiger partial charge in [0.2, 0.25) is 0 Å². The summed E-state index contributed by atoms with van der Waals surface area (Å²) in [4.78, 5) is 0. The fraction of sp³-hybridized carbons (Fsp3) is 0. The number of rotatable bonds is 0. The summed E-state index contributed by atoms with van der Waals surface area (Å²) in [7, 11) is 1.69. The number of benzene rings is 1. The monoisotopic (exact) mass is 123 g/mol. The maximum atomic E-state index is 12.6. The van der Waals surface area contributed by atoms with Crippen LogP contribution in [0.25, 0.3) is 0 Å². The molecule has 0 unspecified atom stereocenters. The summed E-state index contributed by atoms with van der Waals surface area (Å²) < 4.78 is 12.6. The molecule has 1 aromatic rings. The van der Waals surface area contributed by atoms with Gasteiger partial charge in [-0.1, -0.05) is 17.6 Å². The molecule has 9 heavy (non-hydrogen) atoms. The molecule has 0 aliphatic heterocycles. The zero-order valence-corrected chi connectivity index (χ0v) is 5.19. The highest BCUT2D eigenvalue weighted by atomic mass is 19.1. The first-order valence-electron chi connectivity index (χ1n) is 2.72. The lowest BCUT2D eigenvalue weighted by Gasteiger charge is -1.96. The molecule has 1 rings (SSSR count). The highest BCUT2D eigenvalue weighted by Gasteiger charge is 1.97. The molecule has 0 spiro atoms. The van der Waals surface area contributed by atoms with Crippen molar-refractivity contribution in [2.75, 3.05) is 5.73 Å². The van der Waals surface area contributed by atoms with E-state index in [1.54, 1.807) is 26.0 Å². The molecule has 0 radical (unpaired) electrons. The van der Waals surface area contributed by atoms with Gasteiger partial charge in [0, 0.05) is 0 Å². The van der Waals surface area contributed by atoms with Crippen LogP contribution in [0.1, 0.15) is 0 Å². The molecule has 2 N–H and O–H groups in total. The first-order valence-corrected chi connectivity index (χ1v) is 2.72. The van der Waals surface area contributed by atoms with Crippen LogP contribution in [0, 0.1) is 5.82 Å².